The van der Waals surface area contributed by atoms with Gasteiger partial charge in [0.05, 0.1) is 0 Å². The molecule has 0 heterocycles. The third-order valence-corrected chi connectivity index (χ3v) is 4.51. The van der Waals surface area contributed by atoms with Gasteiger partial charge in [-0.1, -0.05) is 27.2 Å². The van der Waals surface area contributed by atoms with Crippen molar-refractivity contribution >= 4 is 0 Å². The topological polar surface area (TPSA) is 29.3 Å². The largest absolute Gasteiger partial charge is 0.330 e. The van der Waals surface area contributed by atoms with E-state index in [-0.39, 0.29) is 0 Å². The van der Waals surface area contributed by atoms with Crippen molar-refractivity contribution in [2.45, 2.75) is 65.3 Å². The highest BCUT2D eigenvalue weighted by molar-refractivity contribution is 4.83. The van der Waals surface area contributed by atoms with Gasteiger partial charge in [-0.05, 0) is 57.0 Å². The van der Waals surface area contributed by atoms with E-state index in [0.717, 1.165) is 12.6 Å². The maximum atomic E-state index is 5.85. The van der Waals surface area contributed by atoms with Crippen LogP contribution in [0.3, 0.4) is 0 Å². The molecule has 1 fully saturated rings. The lowest BCUT2D eigenvalue weighted by Crippen LogP contribution is -2.41. The first-order valence-electron chi connectivity index (χ1n) is 7.39. The molecule has 0 spiro atoms. The third kappa shape index (κ3) is 4.97. The number of nitrogens with two attached hydrogens (primary N) is 1. The lowest BCUT2D eigenvalue weighted by atomic mass is 9.75. The number of hydrogen-bond acceptors (Lipinski definition) is 2. The van der Waals surface area contributed by atoms with Crippen LogP contribution in [0, 0.1) is 11.3 Å². The molecule has 0 aromatic rings. The van der Waals surface area contributed by atoms with Crippen LogP contribution in [-0.4, -0.2) is 31.1 Å². The van der Waals surface area contributed by atoms with Gasteiger partial charge in [-0.3, -0.25) is 0 Å². The van der Waals surface area contributed by atoms with E-state index in [1.165, 1.54) is 45.1 Å². The minimum Gasteiger partial charge on any atom is -0.330 e. The van der Waals surface area contributed by atoms with Crippen molar-refractivity contribution < 1.29 is 0 Å². The molecule has 102 valence electrons. The first kappa shape index (κ1) is 15.0. The van der Waals surface area contributed by atoms with Crippen molar-refractivity contribution in [3.63, 3.8) is 0 Å². The fourth-order valence-corrected chi connectivity index (χ4v) is 3.07. The summed E-state index contributed by atoms with van der Waals surface area (Å²) in [6, 6.07) is 0.800. The van der Waals surface area contributed by atoms with E-state index in [9.17, 15) is 0 Å². The number of nitrogens with zero attached hydrogens (tertiary/aromatic N) is 1. The Morgan fingerprint density at radius 1 is 1.29 bits per heavy atom. The first-order valence-corrected chi connectivity index (χ1v) is 7.39. The summed E-state index contributed by atoms with van der Waals surface area (Å²) in [7, 11) is 2.29. The van der Waals surface area contributed by atoms with Gasteiger partial charge in [-0.2, -0.15) is 0 Å². The van der Waals surface area contributed by atoms with Crippen LogP contribution in [-0.2, 0) is 0 Å². The van der Waals surface area contributed by atoms with E-state index >= 15 is 0 Å². The van der Waals surface area contributed by atoms with Crippen LogP contribution in [0.15, 0.2) is 0 Å². The molecule has 0 saturated heterocycles. The second-order valence-electron chi connectivity index (χ2n) is 6.73. The summed E-state index contributed by atoms with van der Waals surface area (Å²) in [6.45, 7) is 9.10. The summed E-state index contributed by atoms with van der Waals surface area (Å²) >= 11 is 0. The van der Waals surface area contributed by atoms with E-state index in [0.29, 0.717) is 11.3 Å². The summed E-state index contributed by atoms with van der Waals surface area (Å²) in [6.07, 6.45) is 8.03. The van der Waals surface area contributed by atoms with Crippen LogP contribution in [0.2, 0.25) is 0 Å². The minimum atomic E-state index is 0.577. The van der Waals surface area contributed by atoms with Crippen molar-refractivity contribution in [1.82, 2.24) is 4.90 Å². The molecule has 1 aliphatic rings. The van der Waals surface area contributed by atoms with Crippen LogP contribution in [0.4, 0.5) is 0 Å². The lowest BCUT2D eigenvalue weighted by molar-refractivity contribution is 0.114. The van der Waals surface area contributed by atoms with Crippen molar-refractivity contribution in [2.75, 3.05) is 20.1 Å². The first-order chi connectivity index (χ1) is 7.98. The molecular weight excluding hydrogens is 208 g/mol. The Bertz CT molecular complexity index is 203. The summed E-state index contributed by atoms with van der Waals surface area (Å²) in [4.78, 5) is 2.57. The highest BCUT2D eigenvalue weighted by atomic mass is 15.1. The smallest absolute Gasteiger partial charge is 0.00927 e. The molecule has 2 nitrogen and oxygen atoms in total. The van der Waals surface area contributed by atoms with Gasteiger partial charge in [-0.15, -0.1) is 0 Å². The van der Waals surface area contributed by atoms with Gasteiger partial charge in [-0.25, -0.2) is 0 Å². The van der Waals surface area contributed by atoms with Gasteiger partial charge < -0.3 is 10.6 Å². The minimum absolute atomic E-state index is 0.577. The quantitative estimate of drug-likeness (QED) is 0.772. The predicted octanol–water partition coefficient (Wildman–Crippen LogP) is 3.26. The Hall–Kier alpha value is -0.0800. The highest BCUT2D eigenvalue weighted by Crippen LogP contribution is 2.36. The molecule has 0 amide bonds. The van der Waals surface area contributed by atoms with Crippen molar-refractivity contribution in [1.29, 1.82) is 0 Å². The molecule has 2 heteroatoms. The Morgan fingerprint density at radius 2 is 1.88 bits per heavy atom. The Morgan fingerprint density at radius 3 is 2.35 bits per heavy atom. The molecule has 0 aliphatic heterocycles. The van der Waals surface area contributed by atoms with Crippen LogP contribution >= 0.6 is 0 Å². The molecule has 2 N–H and O–H groups in total. The Kier molecular flexibility index (Phi) is 5.94. The van der Waals surface area contributed by atoms with Gasteiger partial charge in [0.15, 0.2) is 0 Å². The van der Waals surface area contributed by atoms with E-state index in [1.807, 2.05) is 0 Å². The van der Waals surface area contributed by atoms with Crippen LogP contribution in [0.1, 0.15) is 59.3 Å². The average molecular weight is 240 g/mol. The maximum absolute atomic E-state index is 5.85. The molecule has 0 bridgehead atoms. The molecule has 0 aromatic carbocycles. The van der Waals surface area contributed by atoms with Gasteiger partial charge in [0, 0.05) is 12.6 Å². The summed E-state index contributed by atoms with van der Waals surface area (Å²) in [5.41, 5.74) is 6.43. The van der Waals surface area contributed by atoms with Crippen molar-refractivity contribution in [2.24, 2.45) is 17.1 Å². The predicted molar refractivity (Wildman–Crippen MR) is 76.1 cm³/mol. The van der Waals surface area contributed by atoms with Gasteiger partial charge in [0.1, 0.15) is 0 Å². The SMILES string of the molecule is CCCC(CN)CN(C)C1CCC(C)(C)CC1. The zero-order valence-electron chi connectivity index (χ0n) is 12.3. The molecular formula is C15H32N2. The standard InChI is InChI=1S/C15H32N2/c1-5-6-13(11-16)12-17(4)14-7-9-15(2,3)10-8-14/h13-14H,5-12,16H2,1-4H3. The number of hydrogen-bond donors (Lipinski definition) is 1. The highest BCUT2D eigenvalue weighted by Gasteiger charge is 2.29. The molecule has 0 radical (unpaired) electrons. The normalized spacial score (nSPS) is 22.9. The van der Waals surface area contributed by atoms with E-state index in [2.05, 4.69) is 32.7 Å². The molecule has 1 aliphatic carbocycles. The fourth-order valence-electron chi connectivity index (χ4n) is 3.07. The Labute approximate surface area is 108 Å². The van der Waals surface area contributed by atoms with E-state index in [1.54, 1.807) is 0 Å². The van der Waals surface area contributed by atoms with E-state index < -0.39 is 0 Å². The molecule has 1 unspecified atom stereocenters. The van der Waals surface area contributed by atoms with Crippen LogP contribution in [0.25, 0.3) is 0 Å². The van der Waals surface area contributed by atoms with Crippen LogP contribution in [0.5, 0.6) is 0 Å². The third-order valence-electron chi connectivity index (χ3n) is 4.51. The molecule has 1 atom stereocenters. The fraction of sp³-hybridized carbons (Fsp3) is 1.00. The van der Waals surface area contributed by atoms with Gasteiger partial charge >= 0.3 is 0 Å². The zero-order valence-corrected chi connectivity index (χ0v) is 12.3. The number of rotatable bonds is 6. The summed E-state index contributed by atoms with van der Waals surface area (Å²) in [5, 5.41) is 0. The Balaban J connectivity index is 2.35. The molecule has 0 aromatic heterocycles. The second-order valence-corrected chi connectivity index (χ2v) is 6.73. The lowest BCUT2D eigenvalue weighted by Gasteiger charge is -2.39. The van der Waals surface area contributed by atoms with Crippen molar-refractivity contribution in [3.05, 3.63) is 0 Å². The second kappa shape index (κ2) is 6.75. The van der Waals surface area contributed by atoms with Crippen molar-refractivity contribution in [3.8, 4) is 0 Å². The zero-order chi connectivity index (χ0) is 12.9. The van der Waals surface area contributed by atoms with Gasteiger partial charge in [0.2, 0.25) is 0 Å². The van der Waals surface area contributed by atoms with Crippen LogP contribution < -0.4 is 5.73 Å². The van der Waals surface area contributed by atoms with Gasteiger partial charge in [0.25, 0.3) is 0 Å². The molecule has 1 saturated carbocycles. The average Bonchev–Trinajstić information content (AvgIpc) is 2.28. The van der Waals surface area contributed by atoms with E-state index in [4.69, 9.17) is 5.73 Å². The summed E-state index contributed by atoms with van der Waals surface area (Å²) < 4.78 is 0. The molecule has 17 heavy (non-hydrogen) atoms. The molecule has 1 rings (SSSR count). The monoisotopic (exact) mass is 240 g/mol. The maximum Gasteiger partial charge on any atom is 0.00927 e. The summed E-state index contributed by atoms with van der Waals surface area (Å²) in [5.74, 6) is 0.694.